The van der Waals surface area contributed by atoms with Crippen molar-refractivity contribution in [1.82, 2.24) is 4.98 Å². The largest absolute Gasteiger partial charge is 0.497 e. The second kappa shape index (κ2) is 6.52. The van der Waals surface area contributed by atoms with Crippen LogP contribution in [0.5, 0.6) is 5.75 Å². The minimum absolute atomic E-state index is 0.450. The third kappa shape index (κ3) is 3.81. The van der Waals surface area contributed by atoms with Crippen molar-refractivity contribution in [1.29, 1.82) is 0 Å². The summed E-state index contributed by atoms with van der Waals surface area (Å²) < 4.78 is 5.10. The summed E-state index contributed by atoms with van der Waals surface area (Å²) in [5.74, 6) is -0.459. The number of rotatable bonds is 6. The van der Waals surface area contributed by atoms with E-state index in [0.717, 1.165) is 22.0 Å². The number of methoxy groups -OCH3 is 1. The van der Waals surface area contributed by atoms with Crippen molar-refractivity contribution in [3.8, 4) is 5.75 Å². The SMILES string of the molecule is COc1ccc(CC(Cc2nc(C)cs2)C(=O)O)cc1. The smallest absolute Gasteiger partial charge is 0.307 e. The Kier molecular flexibility index (Phi) is 4.74. The molecule has 0 fully saturated rings. The van der Waals surface area contributed by atoms with E-state index in [4.69, 9.17) is 4.74 Å². The van der Waals surface area contributed by atoms with Gasteiger partial charge in [-0.3, -0.25) is 4.79 Å². The van der Waals surface area contributed by atoms with Gasteiger partial charge in [0.25, 0.3) is 0 Å². The third-order valence-electron chi connectivity index (χ3n) is 3.08. The summed E-state index contributed by atoms with van der Waals surface area (Å²) in [7, 11) is 1.61. The van der Waals surface area contributed by atoms with Gasteiger partial charge in [-0.25, -0.2) is 4.98 Å². The molecular weight excluding hydrogens is 274 g/mol. The number of carboxylic acids is 1. The van der Waals surface area contributed by atoms with Gasteiger partial charge in [0, 0.05) is 17.5 Å². The second-order valence-corrected chi connectivity index (χ2v) is 5.62. The predicted octanol–water partition coefficient (Wildman–Crippen LogP) is 2.95. The quantitative estimate of drug-likeness (QED) is 0.889. The van der Waals surface area contributed by atoms with Crippen LogP contribution in [0.4, 0.5) is 0 Å². The van der Waals surface area contributed by atoms with Gasteiger partial charge in [0.2, 0.25) is 0 Å². The highest BCUT2D eigenvalue weighted by molar-refractivity contribution is 7.09. The summed E-state index contributed by atoms with van der Waals surface area (Å²) in [6.45, 7) is 1.92. The van der Waals surface area contributed by atoms with Gasteiger partial charge in [-0.1, -0.05) is 12.1 Å². The maximum atomic E-state index is 11.4. The number of carboxylic acid groups (broad SMARTS) is 1. The van der Waals surface area contributed by atoms with Crippen molar-refractivity contribution in [2.75, 3.05) is 7.11 Å². The van der Waals surface area contributed by atoms with Gasteiger partial charge in [0.15, 0.2) is 0 Å². The molecule has 20 heavy (non-hydrogen) atoms. The molecule has 106 valence electrons. The van der Waals surface area contributed by atoms with Crippen LogP contribution in [0.25, 0.3) is 0 Å². The topological polar surface area (TPSA) is 59.4 Å². The number of aromatic nitrogens is 1. The Morgan fingerprint density at radius 3 is 2.55 bits per heavy atom. The molecular formula is C15H17NO3S. The lowest BCUT2D eigenvalue weighted by molar-refractivity contribution is -0.141. The molecule has 2 aromatic rings. The first-order chi connectivity index (χ1) is 9.58. The molecule has 1 aromatic carbocycles. The number of aliphatic carboxylic acids is 1. The minimum atomic E-state index is -0.784. The lowest BCUT2D eigenvalue weighted by atomic mass is 9.96. The number of aryl methyl sites for hydroxylation is 1. The Morgan fingerprint density at radius 2 is 2.05 bits per heavy atom. The molecule has 1 unspecified atom stereocenters. The Hall–Kier alpha value is -1.88. The molecule has 4 nitrogen and oxygen atoms in total. The van der Waals surface area contributed by atoms with E-state index in [1.807, 2.05) is 36.6 Å². The maximum absolute atomic E-state index is 11.4. The summed E-state index contributed by atoms with van der Waals surface area (Å²) in [6, 6.07) is 7.51. The van der Waals surface area contributed by atoms with Crippen molar-refractivity contribution in [2.24, 2.45) is 5.92 Å². The van der Waals surface area contributed by atoms with Crippen LogP contribution in [0, 0.1) is 12.8 Å². The molecule has 0 aliphatic rings. The van der Waals surface area contributed by atoms with E-state index < -0.39 is 11.9 Å². The van der Waals surface area contributed by atoms with E-state index >= 15 is 0 Å². The number of thiazole rings is 1. The van der Waals surface area contributed by atoms with Crippen LogP contribution in [-0.4, -0.2) is 23.2 Å². The fourth-order valence-electron chi connectivity index (χ4n) is 2.00. The van der Waals surface area contributed by atoms with E-state index in [0.29, 0.717) is 12.8 Å². The zero-order chi connectivity index (χ0) is 14.5. The summed E-state index contributed by atoms with van der Waals surface area (Å²) in [5, 5.41) is 12.2. The Morgan fingerprint density at radius 1 is 1.35 bits per heavy atom. The molecule has 0 radical (unpaired) electrons. The van der Waals surface area contributed by atoms with Crippen LogP contribution in [0.3, 0.4) is 0 Å². The highest BCUT2D eigenvalue weighted by Gasteiger charge is 2.20. The van der Waals surface area contributed by atoms with Crippen molar-refractivity contribution < 1.29 is 14.6 Å². The Balaban J connectivity index is 2.06. The molecule has 0 saturated carbocycles. The van der Waals surface area contributed by atoms with E-state index in [1.54, 1.807) is 7.11 Å². The lowest BCUT2D eigenvalue weighted by Gasteiger charge is -2.11. The molecule has 0 saturated heterocycles. The van der Waals surface area contributed by atoms with Gasteiger partial charge in [0.1, 0.15) is 5.75 Å². The fraction of sp³-hybridized carbons (Fsp3) is 0.333. The maximum Gasteiger partial charge on any atom is 0.307 e. The lowest BCUT2D eigenvalue weighted by Crippen LogP contribution is -2.19. The number of benzene rings is 1. The van der Waals surface area contributed by atoms with Crippen molar-refractivity contribution >= 4 is 17.3 Å². The summed E-state index contributed by atoms with van der Waals surface area (Å²) >= 11 is 1.52. The highest BCUT2D eigenvalue weighted by atomic mass is 32.1. The zero-order valence-electron chi connectivity index (χ0n) is 11.5. The molecule has 0 aliphatic heterocycles. The number of carbonyl (C=O) groups is 1. The molecule has 0 aliphatic carbocycles. The first kappa shape index (κ1) is 14.5. The van der Waals surface area contributed by atoms with Crippen LogP contribution in [0.2, 0.25) is 0 Å². The molecule has 1 N–H and O–H groups in total. The van der Waals surface area contributed by atoms with Gasteiger partial charge in [-0.15, -0.1) is 11.3 Å². The van der Waals surface area contributed by atoms with E-state index in [-0.39, 0.29) is 0 Å². The van der Waals surface area contributed by atoms with Gasteiger partial charge in [-0.2, -0.15) is 0 Å². The summed E-state index contributed by atoms with van der Waals surface area (Å²) in [4.78, 5) is 15.7. The van der Waals surface area contributed by atoms with Gasteiger partial charge < -0.3 is 9.84 Å². The molecule has 1 heterocycles. The number of hydrogen-bond acceptors (Lipinski definition) is 4. The Bertz CT molecular complexity index is 577. The molecule has 0 spiro atoms. The van der Waals surface area contributed by atoms with Gasteiger partial charge in [0.05, 0.1) is 18.0 Å². The summed E-state index contributed by atoms with van der Waals surface area (Å²) in [6.07, 6.45) is 0.970. The van der Waals surface area contributed by atoms with Gasteiger partial charge >= 0.3 is 5.97 Å². The van der Waals surface area contributed by atoms with Crippen molar-refractivity contribution in [3.63, 3.8) is 0 Å². The van der Waals surface area contributed by atoms with Gasteiger partial charge in [-0.05, 0) is 31.0 Å². The minimum Gasteiger partial charge on any atom is -0.497 e. The molecule has 1 atom stereocenters. The average molecular weight is 291 g/mol. The van der Waals surface area contributed by atoms with Crippen LogP contribution < -0.4 is 4.74 Å². The normalized spacial score (nSPS) is 12.1. The highest BCUT2D eigenvalue weighted by Crippen LogP contribution is 2.20. The number of hydrogen-bond donors (Lipinski definition) is 1. The zero-order valence-corrected chi connectivity index (χ0v) is 12.3. The van der Waals surface area contributed by atoms with E-state index in [9.17, 15) is 9.90 Å². The van der Waals surface area contributed by atoms with Crippen LogP contribution >= 0.6 is 11.3 Å². The monoisotopic (exact) mass is 291 g/mol. The third-order valence-corrected chi connectivity index (χ3v) is 4.07. The Labute approximate surface area is 122 Å². The fourth-order valence-corrected chi connectivity index (χ4v) is 2.85. The number of nitrogens with zero attached hydrogens (tertiary/aromatic N) is 1. The first-order valence-electron chi connectivity index (χ1n) is 6.35. The van der Waals surface area contributed by atoms with Crippen LogP contribution in [0.1, 0.15) is 16.3 Å². The predicted molar refractivity (Wildman–Crippen MR) is 78.4 cm³/mol. The number of ether oxygens (including phenoxy) is 1. The standard InChI is InChI=1S/C15H17NO3S/c1-10-9-20-14(16-10)8-12(15(17)18)7-11-3-5-13(19-2)6-4-11/h3-6,9,12H,7-8H2,1-2H3,(H,17,18). The van der Waals surface area contributed by atoms with Crippen LogP contribution in [-0.2, 0) is 17.6 Å². The molecule has 0 amide bonds. The molecule has 2 rings (SSSR count). The van der Waals surface area contributed by atoms with E-state index in [2.05, 4.69) is 4.98 Å². The first-order valence-corrected chi connectivity index (χ1v) is 7.23. The van der Waals surface area contributed by atoms with E-state index in [1.165, 1.54) is 11.3 Å². The summed E-state index contributed by atoms with van der Waals surface area (Å²) in [5.41, 5.74) is 1.94. The van der Waals surface area contributed by atoms with Crippen molar-refractivity contribution in [3.05, 3.63) is 45.9 Å². The average Bonchev–Trinajstić information content (AvgIpc) is 2.84. The molecule has 0 bridgehead atoms. The van der Waals surface area contributed by atoms with Crippen molar-refractivity contribution in [2.45, 2.75) is 19.8 Å². The molecule has 5 heteroatoms. The van der Waals surface area contributed by atoms with Crippen LogP contribution in [0.15, 0.2) is 29.6 Å². The second-order valence-electron chi connectivity index (χ2n) is 4.67. The molecule has 1 aromatic heterocycles.